The maximum absolute atomic E-state index is 6.20. The highest BCUT2D eigenvalue weighted by Crippen LogP contribution is 2.34. The number of pyridine rings is 1. The fraction of sp³-hybridized carbons (Fsp3) is 0. The lowest BCUT2D eigenvalue weighted by Gasteiger charge is -2.06. The zero-order valence-corrected chi connectivity index (χ0v) is 12.4. The van der Waals surface area contributed by atoms with Crippen molar-refractivity contribution in [1.29, 1.82) is 0 Å². The Balaban J connectivity index is 1.81. The van der Waals surface area contributed by atoms with Gasteiger partial charge < -0.3 is 5.32 Å². The number of benzene rings is 2. The zero-order chi connectivity index (χ0) is 14.2. The second-order valence-electron chi connectivity index (χ2n) is 4.63. The number of aromatic nitrogens is 2. The van der Waals surface area contributed by atoms with Crippen LogP contribution in [0.2, 0.25) is 5.02 Å². The Labute approximate surface area is 130 Å². The number of hydrogen-bond donors (Lipinski definition) is 1. The molecule has 0 aliphatic carbocycles. The van der Waals surface area contributed by atoms with E-state index in [1.807, 2.05) is 42.6 Å². The molecule has 1 N–H and O–H groups in total. The third-order valence-corrected chi connectivity index (χ3v) is 4.74. The van der Waals surface area contributed by atoms with Crippen LogP contribution in [0.4, 0.5) is 10.8 Å². The molecule has 0 aliphatic heterocycles. The van der Waals surface area contributed by atoms with Gasteiger partial charge in [0.25, 0.3) is 0 Å². The van der Waals surface area contributed by atoms with Crippen LogP contribution in [0, 0.1) is 0 Å². The predicted molar refractivity (Wildman–Crippen MR) is 89.7 cm³/mol. The quantitative estimate of drug-likeness (QED) is 0.550. The van der Waals surface area contributed by atoms with E-state index in [2.05, 4.69) is 21.4 Å². The second kappa shape index (κ2) is 4.98. The van der Waals surface area contributed by atoms with Crippen molar-refractivity contribution in [2.45, 2.75) is 0 Å². The molecule has 0 radical (unpaired) electrons. The molecule has 0 bridgehead atoms. The summed E-state index contributed by atoms with van der Waals surface area (Å²) in [6.45, 7) is 0. The van der Waals surface area contributed by atoms with E-state index in [0.29, 0.717) is 0 Å². The third-order valence-electron chi connectivity index (χ3n) is 3.29. The van der Waals surface area contributed by atoms with Crippen LogP contribution >= 0.6 is 22.9 Å². The van der Waals surface area contributed by atoms with E-state index in [-0.39, 0.29) is 0 Å². The molecule has 0 fully saturated rings. The van der Waals surface area contributed by atoms with Crippen LogP contribution in [0.25, 0.3) is 21.0 Å². The van der Waals surface area contributed by atoms with Gasteiger partial charge in [-0.2, -0.15) is 0 Å². The van der Waals surface area contributed by atoms with Gasteiger partial charge in [0.1, 0.15) is 0 Å². The number of hydrogen-bond acceptors (Lipinski definition) is 4. The van der Waals surface area contributed by atoms with Gasteiger partial charge in [-0.25, -0.2) is 4.98 Å². The fourth-order valence-corrected chi connectivity index (χ4v) is 3.47. The van der Waals surface area contributed by atoms with Gasteiger partial charge in [0.05, 0.1) is 15.2 Å². The van der Waals surface area contributed by atoms with E-state index < -0.39 is 0 Å². The summed E-state index contributed by atoms with van der Waals surface area (Å²) in [5.41, 5.74) is 1.91. The molecule has 0 spiro atoms. The molecule has 5 heteroatoms. The van der Waals surface area contributed by atoms with Crippen LogP contribution in [0.5, 0.6) is 0 Å². The molecule has 2 aromatic carbocycles. The monoisotopic (exact) mass is 311 g/mol. The summed E-state index contributed by atoms with van der Waals surface area (Å²) < 4.78 is 1.00. The largest absolute Gasteiger partial charge is 0.331 e. The van der Waals surface area contributed by atoms with Crippen LogP contribution in [0.15, 0.2) is 54.9 Å². The average molecular weight is 312 g/mol. The minimum absolute atomic E-state index is 0.734. The Morgan fingerprint density at radius 2 is 1.95 bits per heavy atom. The van der Waals surface area contributed by atoms with Gasteiger partial charge in [-0.15, -0.1) is 0 Å². The predicted octanol–water partition coefficient (Wildman–Crippen LogP) is 5.24. The van der Waals surface area contributed by atoms with Crippen LogP contribution in [-0.2, 0) is 0 Å². The topological polar surface area (TPSA) is 37.8 Å². The summed E-state index contributed by atoms with van der Waals surface area (Å²) >= 11 is 7.75. The lowest BCUT2D eigenvalue weighted by Crippen LogP contribution is -1.90. The van der Waals surface area contributed by atoms with Gasteiger partial charge in [0.2, 0.25) is 0 Å². The van der Waals surface area contributed by atoms with Crippen molar-refractivity contribution in [2.75, 3.05) is 5.32 Å². The Kier molecular flexibility index (Phi) is 2.98. The summed E-state index contributed by atoms with van der Waals surface area (Å²) in [4.78, 5) is 8.77. The lowest BCUT2D eigenvalue weighted by molar-refractivity contribution is 1.36. The highest BCUT2D eigenvalue weighted by Gasteiger charge is 2.08. The number of thiazole rings is 1. The molecule has 0 saturated heterocycles. The molecule has 0 saturated carbocycles. The normalized spacial score (nSPS) is 11.1. The minimum Gasteiger partial charge on any atom is -0.331 e. The molecule has 2 aromatic heterocycles. The molecule has 3 nitrogen and oxygen atoms in total. The van der Waals surface area contributed by atoms with Gasteiger partial charge in [0.15, 0.2) is 5.13 Å². The number of halogens is 1. The highest BCUT2D eigenvalue weighted by atomic mass is 35.5. The highest BCUT2D eigenvalue weighted by molar-refractivity contribution is 7.22. The first-order valence-electron chi connectivity index (χ1n) is 6.46. The van der Waals surface area contributed by atoms with Gasteiger partial charge in [0, 0.05) is 23.5 Å². The first-order chi connectivity index (χ1) is 10.3. The summed E-state index contributed by atoms with van der Waals surface area (Å²) in [5, 5.41) is 7.16. The number of nitrogens with zero attached hydrogens (tertiary/aromatic N) is 2. The van der Waals surface area contributed by atoms with Crippen LogP contribution in [-0.4, -0.2) is 9.97 Å². The number of fused-ring (bicyclic) bond motifs is 2. The fourth-order valence-electron chi connectivity index (χ4n) is 2.31. The Hall–Kier alpha value is -2.17. The number of rotatable bonds is 2. The smallest absolute Gasteiger partial charge is 0.188 e. The van der Waals surface area contributed by atoms with Gasteiger partial charge in [-0.05, 0) is 29.7 Å². The Morgan fingerprint density at radius 3 is 2.86 bits per heavy atom. The SMILES string of the molecule is Clc1cccc2nc(Nc3cccc4ccncc34)sc12. The third kappa shape index (κ3) is 2.22. The molecule has 0 atom stereocenters. The van der Waals surface area contributed by atoms with Gasteiger partial charge in [-0.1, -0.05) is 41.1 Å². The molecule has 4 aromatic rings. The van der Waals surface area contributed by atoms with E-state index in [4.69, 9.17) is 11.6 Å². The van der Waals surface area contributed by atoms with Crippen LogP contribution in [0.1, 0.15) is 0 Å². The van der Waals surface area contributed by atoms with E-state index in [1.165, 1.54) is 0 Å². The van der Waals surface area contributed by atoms with Crippen molar-refractivity contribution >= 4 is 54.7 Å². The van der Waals surface area contributed by atoms with Gasteiger partial charge in [-0.3, -0.25) is 4.98 Å². The molecule has 0 amide bonds. The molecular weight excluding hydrogens is 302 g/mol. The minimum atomic E-state index is 0.734. The van der Waals surface area contributed by atoms with E-state index in [9.17, 15) is 0 Å². The molecule has 102 valence electrons. The first-order valence-corrected chi connectivity index (χ1v) is 7.65. The number of nitrogens with one attached hydrogen (secondary N) is 1. The summed E-state index contributed by atoms with van der Waals surface area (Å²) in [7, 11) is 0. The van der Waals surface area contributed by atoms with Crippen molar-refractivity contribution < 1.29 is 0 Å². The maximum atomic E-state index is 6.20. The summed E-state index contributed by atoms with van der Waals surface area (Å²) in [6, 6.07) is 13.9. The van der Waals surface area contributed by atoms with Crippen LogP contribution in [0.3, 0.4) is 0 Å². The van der Waals surface area contributed by atoms with Crippen molar-refractivity contribution in [3.63, 3.8) is 0 Å². The molecule has 21 heavy (non-hydrogen) atoms. The standard InChI is InChI=1S/C16H10ClN3S/c17-12-4-2-6-14-15(12)21-16(20-14)19-13-5-1-3-10-7-8-18-9-11(10)13/h1-9H,(H,19,20). The second-order valence-corrected chi connectivity index (χ2v) is 6.04. The molecular formula is C16H10ClN3S. The van der Waals surface area contributed by atoms with E-state index >= 15 is 0 Å². The van der Waals surface area contributed by atoms with E-state index in [1.54, 1.807) is 17.5 Å². The summed E-state index contributed by atoms with van der Waals surface area (Å²) in [6.07, 6.45) is 3.65. The molecule has 4 rings (SSSR count). The lowest BCUT2D eigenvalue weighted by atomic mass is 10.1. The van der Waals surface area contributed by atoms with Gasteiger partial charge >= 0.3 is 0 Å². The Bertz CT molecular complexity index is 943. The molecule has 0 unspecified atom stereocenters. The van der Waals surface area contributed by atoms with E-state index in [0.717, 1.165) is 36.8 Å². The molecule has 2 heterocycles. The molecule has 0 aliphatic rings. The number of anilines is 2. The van der Waals surface area contributed by atoms with Crippen molar-refractivity contribution in [3.05, 3.63) is 59.9 Å². The zero-order valence-electron chi connectivity index (χ0n) is 10.9. The van der Waals surface area contributed by atoms with Crippen molar-refractivity contribution in [3.8, 4) is 0 Å². The van der Waals surface area contributed by atoms with Crippen molar-refractivity contribution in [1.82, 2.24) is 9.97 Å². The van der Waals surface area contributed by atoms with Crippen molar-refractivity contribution in [2.24, 2.45) is 0 Å². The Morgan fingerprint density at radius 1 is 1.05 bits per heavy atom. The van der Waals surface area contributed by atoms with Crippen LogP contribution < -0.4 is 5.32 Å². The average Bonchev–Trinajstić information content (AvgIpc) is 2.92. The first kappa shape index (κ1) is 12.6. The summed E-state index contributed by atoms with van der Waals surface area (Å²) in [5.74, 6) is 0. The maximum Gasteiger partial charge on any atom is 0.188 e.